The largest absolute Gasteiger partial charge is 0.494 e. The molecule has 178 valence electrons. The molecule has 0 aliphatic heterocycles. The van der Waals surface area contributed by atoms with Crippen LogP contribution in [0.5, 0.6) is 11.5 Å². The lowest BCUT2D eigenvalue weighted by Crippen LogP contribution is -2.30. The second-order valence-corrected chi connectivity index (χ2v) is 8.70. The van der Waals surface area contributed by atoms with E-state index >= 15 is 0 Å². The Hall–Kier alpha value is -2.54. The zero-order valence-electron chi connectivity index (χ0n) is 19.9. The molecule has 1 unspecified atom stereocenters. The lowest BCUT2D eigenvalue weighted by Gasteiger charge is -2.21. The van der Waals surface area contributed by atoms with Gasteiger partial charge in [-0.25, -0.2) is 0 Å². The Morgan fingerprint density at radius 2 is 1.73 bits per heavy atom. The van der Waals surface area contributed by atoms with Crippen LogP contribution in [-0.4, -0.2) is 52.7 Å². The molecule has 7 heteroatoms. The molecule has 6 nitrogen and oxygen atoms in total. The number of aromatic nitrogens is 2. The molecule has 0 aliphatic carbocycles. The van der Waals surface area contributed by atoms with Gasteiger partial charge in [-0.15, -0.1) is 0 Å². The highest BCUT2D eigenvalue weighted by molar-refractivity contribution is 6.31. The summed E-state index contributed by atoms with van der Waals surface area (Å²) in [5.74, 6) is 1.60. The third kappa shape index (κ3) is 7.22. The highest BCUT2D eigenvalue weighted by atomic mass is 35.5. The fourth-order valence-electron chi connectivity index (χ4n) is 3.80. The van der Waals surface area contributed by atoms with Crippen molar-refractivity contribution in [3.05, 3.63) is 76.1 Å². The Balaban J connectivity index is 1.48. The van der Waals surface area contributed by atoms with Crippen LogP contribution >= 0.6 is 11.6 Å². The number of nitrogens with zero attached hydrogens (tertiary/aromatic N) is 3. The van der Waals surface area contributed by atoms with Crippen LogP contribution in [-0.2, 0) is 13.1 Å². The molecule has 2 aromatic carbocycles. The van der Waals surface area contributed by atoms with Crippen LogP contribution in [0, 0.1) is 13.8 Å². The molecule has 0 saturated carbocycles. The first-order valence-corrected chi connectivity index (χ1v) is 11.7. The van der Waals surface area contributed by atoms with Gasteiger partial charge < -0.3 is 14.6 Å². The normalized spacial score (nSPS) is 12.2. The Morgan fingerprint density at radius 1 is 1.06 bits per heavy atom. The summed E-state index contributed by atoms with van der Waals surface area (Å²) in [7, 11) is 2.01. The summed E-state index contributed by atoms with van der Waals surface area (Å²) in [5.41, 5.74) is 4.35. The summed E-state index contributed by atoms with van der Waals surface area (Å²) < 4.78 is 13.2. The molecule has 3 rings (SSSR count). The molecule has 0 amide bonds. The van der Waals surface area contributed by atoms with Gasteiger partial charge in [0.25, 0.3) is 0 Å². The van der Waals surface area contributed by atoms with Crippen molar-refractivity contribution in [1.29, 1.82) is 0 Å². The van der Waals surface area contributed by atoms with Crippen molar-refractivity contribution in [2.75, 3.05) is 26.8 Å². The molecule has 0 bridgehead atoms. The molecular weight excluding hydrogens is 438 g/mol. The smallest absolute Gasteiger partial charge is 0.119 e. The number of rotatable bonds is 12. The summed E-state index contributed by atoms with van der Waals surface area (Å²) in [6, 6.07) is 15.4. The first-order chi connectivity index (χ1) is 15.9. The molecule has 0 saturated heterocycles. The number of likely N-dealkylation sites (N-methyl/N-ethyl adjacent to an activating group) is 1. The SMILES string of the molecule is CCOc1ccc(OCCC(O)CN(C)Cc2c(C)nn(Cc3ccccc3Cl)c2C)cc1. The van der Waals surface area contributed by atoms with Gasteiger partial charge >= 0.3 is 0 Å². The van der Waals surface area contributed by atoms with Crippen LogP contribution < -0.4 is 9.47 Å². The predicted molar refractivity (Wildman–Crippen MR) is 132 cm³/mol. The first kappa shape index (κ1) is 25.1. The maximum Gasteiger partial charge on any atom is 0.119 e. The lowest BCUT2D eigenvalue weighted by atomic mass is 10.1. The minimum atomic E-state index is -0.475. The summed E-state index contributed by atoms with van der Waals surface area (Å²) >= 11 is 6.32. The van der Waals surface area contributed by atoms with Gasteiger partial charge in [-0.2, -0.15) is 5.10 Å². The van der Waals surface area contributed by atoms with Crippen molar-refractivity contribution in [3.8, 4) is 11.5 Å². The van der Waals surface area contributed by atoms with Crippen LogP contribution in [0.1, 0.15) is 35.9 Å². The summed E-state index contributed by atoms with van der Waals surface area (Å²) in [4.78, 5) is 2.12. The van der Waals surface area contributed by atoms with Gasteiger partial charge in [-0.3, -0.25) is 9.58 Å². The number of hydrogen-bond donors (Lipinski definition) is 1. The minimum absolute atomic E-state index is 0.455. The first-order valence-electron chi connectivity index (χ1n) is 11.4. The van der Waals surface area contributed by atoms with Gasteiger partial charge in [0, 0.05) is 35.8 Å². The van der Waals surface area contributed by atoms with E-state index in [0.717, 1.165) is 40.0 Å². The Labute approximate surface area is 201 Å². The van der Waals surface area contributed by atoms with Gasteiger partial charge in [0.2, 0.25) is 0 Å². The van der Waals surface area contributed by atoms with Gasteiger partial charge in [0.05, 0.1) is 31.6 Å². The lowest BCUT2D eigenvalue weighted by molar-refractivity contribution is 0.0989. The van der Waals surface area contributed by atoms with Crippen molar-refractivity contribution >= 4 is 11.6 Å². The van der Waals surface area contributed by atoms with Gasteiger partial charge in [0.1, 0.15) is 11.5 Å². The average molecular weight is 472 g/mol. The summed E-state index contributed by atoms with van der Waals surface area (Å²) in [6.45, 7) is 9.08. The second-order valence-electron chi connectivity index (χ2n) is 8.29. The van der Waals surface area contributed by atoms with Crippen LogP contribution in [0.15, 0.2) is 48.5 Å². The molecule has 0 spiro atoms. The molecular formula is C26H34ClN3O3. The molecule has 3 aromatic rings. The number of aliphatic hydroxyl groups excluding tert-OH is 1. The maximum atomic E-state index is 10.5. The highest BCUT2D eigenvalue weighted by Gasteiger charge is 2.16. The van der Waals surface area contributed by atoms with E-state index in [2.05, 4.69) is 11.8 Å². The predicted octanol–water partition coefficient (Wildman–Crippen LogP) is 4.86. The monoisotopic (exact) mass is 471 g/mol. The molecule has 33 heavy (non-hydrogen) atoms. The van der Waals surface area contributed by atoms with Crippen LogP contribution in [0.2, 0.25) is 5.02 Å². The quantitative estimate of drug-likeness (QED) is 0.408. The van der Waals surface area contributed by atoms with Crippen molar-refractivity contribution in [2.45, 2.75) is 46.4 Å². The molecule has 1 atom stereocenters. The molecule has 0 fully saturated rings. The fraction of sp³-hybridized carbons (Fsp3) is 0.423. The molecule has 1 aromatic heterocycles. The van der Waals surface area contributed by atoms with Crippen LogP contribution in [0.4, 0.5) is 0 Å². The minimum Gasteiger partial charge on any atom is -0.494 e. The van der Waals surface area contributed by atoms with Crippen molar-refractivity contribution in [1.82, 2.24) is 14.7 Å². The van der Waals surface area contributed by atoms with Gasteiger partial charge in [-0.1, -0.05) is 29.8 Å². The number of aryl methyl sites for hydroxylation is 1. The standard InChI is InChI=1S/C26H34ClN3O3/c1-5-32-23-10-12-24(13-11-23)33-15-14-22(31)17-29(4)18-25-19(2)28-30(20(25)3)16-21-8-6-7-9-26(21)27/h6-13,22,31H,5,14-18H2,1-4H3. The molecule has 1 heterocycles. The van der Waals surface area contributed by atoms with E-state index in [-0.39, 0.29) is 0 Å². The zero-order valence-corrected chi connectivity index (χ0v) is 20.7. The maximum absolute atomic E-state index is 10.5. The van der Waals surface area contributed by atoms with E-state index in [1.165, 1.54) is 5.56 Å². The van der Waals surface area contributed by atoms with Crippen LogP contribution in [0.3, 0.4) is 0 Å². The van der Waals surface area contributed by atoms with Crippen molar-refractivity contribution in [2.24, 2.45) is 0 Å². The second kappa shape index (κ2) is 12.1. The van der Waals surface area contributed by atoms with E-state index < -0.39 is 6.10 Å². The molecule has 1 N–H and O–H groups in total. The molecule has 0 aliphatic rings. The topological polar surface area (TPSA) is 59.8 Å². The van der Waals surface area contributed by atoms with E-state index in [9.17, 15) is 5.11 Å². The third-order valence-corrected chi connectivity index (χ3v) is 5.98. The van der Waals surface area contributed by atoms with Crippen molar-refractivity contribution < 1.29 is 14.6 Å². The van der Waals surface area contributed by atoms with Crippen LogP contribution in [0.25, 0.3) is 0 Å². The summed E-state index contributed by atoms with van der Waals surface area (Å²) in [5, 5.41) is 16.0. The number of benzene rings is 2. The van der Waals surface area contributed by atoms with Gasteiger partial charge in [0.15, 0.2) is 0 Å². The van der Waals surface area contributed by atoms with E-state index in [1.807, 2.05) is 74.1 Å². The average Bonchev–Trinajstić information content (AvgIpc) is 3.04. The van der Waals surface area contributed by atoms with E-state index in [0.29, 0.717) is 32.7 Å². The number of hydrogen-bond acceptors (Lipinski definition) is 5. The Bertz CT molecular complexity index is 1020. The van der Waals surface area contributed by atoms with E-state index in [1.54, 1.807) is 0 Å². The highest BCUT2D eigenvalue weighted by Crippen LogP contribution is 2.21. The zero-order chi connectivity index (χ0) is 23.8. The number of halogens is 1. The summed E-state index contributed by atoms with van der Waals surface area (Å²) in [6.07, 6.45) is 0.0813. The Morgan fingerprint density at radius 3 is 2.39 bits per heavy atom. The number of aliphatic hydroxyl groups is 1. The third-order valence-electron chi connectivity index (χ3n) is 5.61. The van der Waals surface area contributed by atoms with Gasteiger partial charge in [-0.05, 0) is 63.7 Å². The van der Waals surface area contributed by atoms with Crippen molar-refractivity contribution in [3.63, 3.8) is 0 Å². The fourth-order valence-corrected chi connectivity index (χ4v) is 4.00. The van der Waals surface area contributed by atoms with E-state index in [4.69, 9.17) is 26.2 Å². The molecule has 0 radical (unpaired) electrons. The Kier molecular flexibility index (Phi) is 9.18. The number of ether oxygens (including phenoxy) is 2.